The van der Waals surface area contributed by atoms with E-state index in [1.165, 1.54) is 11.8 Å². The molecule has 4 nitrogen and oxygen atoms in total. The molecule has 1 heterocycles. The number of hydrogen-bond acceptors (Lipinski definition) is 4. The smallest absolute Gasteiger partial charge is 0.307 e. The maximum absolute atomic E-state index is 10.8. The lowest BCUT2D eigenvalue weighted by molar-refractivity contribution is -0.136. The second-order valence-electron chi connectivity index (χ2n) is 4.25. The van der Waals surface area contributed by atoms with Gasteiger partial charge in [-0.2, -0.15) is 0 Å². The van der Waals surface area contributed by atoms with Crippen LogP contribution < -0.4 is 0 Å². The second kappa shape index (κ2) is 5.93. The number of aryl methyl sites for hydroxylation is 2. The third kappa shape index (κ3) is 3.61. The van der Waals surface area contributed by atoms with Crippen molar-refractivity contribution in [3.8, 4) is 0 Å². The van der Waals surface area contributed by atoms with E-state index < -0.39 is 5.97 Å². The minimum absolute atomic E-state index is 0.0420. The molecule has 1 aromatic heterocycles. The summed E-state index contributed by atoms with van der Waals surface area (Å²) in [7, 11) is 0. The average molecular weight is 277 g/mol. The van der Waals surface area contributed by atoms with Gasteiger partial charge >= 0.3 is 5.97 Å². The standard InChI is InChI=1S/C14H15NO3S/c1-9-10(2)18-14(15-9)19-8-12-6-4-3-5-11(12)7-13(16)17/h3-6H,7-8H2,1-2H3,(H,16,17). The lowest BCUT2D eigenvalue weighted by Gasteiger charge is -2.05. The second-order valence-corrected chi connectivity index (χ2v) is 5.18. The van der Waals surface area contributed by atoms with Crippen LogP contribution in [-0.2, 0) is 17.0 Å². The first-order valence-electron chi connectivity index (χ1n) is 5.91. The molecule has 0 saturated heterocycles. The maximum Gasteiger partial charge on any atom is 0.307 e. The van der Waals surface area contributed by atoms with E-state index in [0.29, 0.717) is 11.0 Å². The highest BCUT2D eigenvalue weighted by Gasteiger charge is 2.10. The summed E-state index contributed by atoms with van der Waals surface area (Å²) in [5, 5.41) is 9.50. The quantitative estimate of drug-likeness (QED) is 0.850. The van der Waals surface area contributed by atoms with Crippen molar-refractivity contribution < 1.29 is 14.3 Å². The lowest BCUT2D eigenvalue weighted by Crippen LogP contribution is -2.02. The molecule has 0 unspecified atom stereocenters. The van der Waals surface area contributed by atoms with E-state index >= 15 is 0 Å². The molecular formula is C14H15NO3S. The molecule has 0 aliphatic carbocycles. The Bertz CT molecular complexity index is 573. The van der Waals surface area contributed by atoms with Crippen molar-refractivity contribution in [3.05, 3.63) is 46.8 Å². The van der Waals surface area contributed by atoms with Gasteiger partial charge in [-0.05, 0) is 25.0 Å². The van der Waals surface area contributed by atoms with Crippen molar-refractivity contribution in [2.24, 2.45) is 0 Å². The largest absolute Gasteiger partial charge is 0.481 e. The number of thioether (sulfide) groups is 1. The molecule has 0 bridgehead atoms. The number of carboxylic acid groups (broad SMARTS) is 1. The molecule has 0 aliphatic rings. The summed E-state index contributed by atoms with van der Waals surface area (Å²) < 4.78 is 5.49. The van der Waals surface area contributed by atoms with Crippen LogP contribution in [0.25, 0.3) is 0 Å². The van der Waals surface area contributed by atoms with E-state index in [-0.39, 0.29) is 6.42 Å². The van der Waals surface area contributed by atoms with Crippen LogP contribution in [0, 0.1) is 13.8 Å². The van der Waals surface area contributed by atoms with Gasteiger partial charge in [-0.15, -0.1) is 0 Å². The molecule has 1 N–H and O–H groups in total. The van der Waals surface area contributed by atoms with Crippen molar-refractivity contribution in [2.45, 2.75) is 31.2 Å². The number of rotatable bonds is 5. The zero-order chi connectivity index (χ0) is 13.8. The Morgan fingerprint density at radius 3 is 2.58 bits per heavy atom. The van der Waals surface area contributed by atoms with Crippen LogP contribution in [0.2, 0.25) is 0 Å². The average Bonchev–Trinajstić information content (AvgIpc) is 2.67. The molecule has 0 fully saturated rings. The van der Waals surface area contributed by atoms with Crippen LogP contribution in [-0.4, -0.2) is 16.1 Å². The fourth-order valence-electron chi connectivity index (χ4n) is 1.68. The van der Waals surface area contributed by atoms with Gasteiger partial charge in [0, 0.05) is 5.75 Å². The first kappa shape index (κ1) is 13.7. The van der Waals surface area contributed by atoms with Crippen molar-refractivity contribution >= 4 is 17.7 Å². The fraction of sp³-hybridized carbons (Fsp3) is 0.286. The third-order valence-electron chi connectivity index (χ3n) is 2.82. The van der Waals surface area contributed by atoms with Crippen LogP contribution in [0.15, 0.2) is 33.9 Å². The molecule has 1 aromatic carbocycles. The number of aromatic nitrogens is 1. The summed E-state index contributed by atoms with van der Waals surface area (Å²) in [5.74, 6) is 0.657. The van der Waals surface area contributed by atoms with Crippen molar-refractivity contribution in [1.82, 2.24) is 4.98 Å². The zero-order valence-electron chi connectivity index (χ0n) is 10.8. The number of nitrogens with zero attached hydrogens (tertiary/aromatic N) is 1. The zero-order valence-corrected chi connectivity index (χ0v) is 11.7. The number of carbonyl (C=O) groups is 1. The monoisotopic (exact) mass is 277 g/mol. The van der Waals surface area contributed by atoms with Gasteiger partial charge in [-0.3, -0.25) is 4.79 Å². The predicted molar refractivity (Wildman–Crippen MR) is 73.3 cm³/mol. The minimum Gasteiger partial charge on any atom is -0.481 e. The molecule has 0 radical (unpaired) electrons. The van der Waals surface area contributed by atoms with Gasteiger partial charge in [0.1, 0.15) is 5.76 Å². The van der Waals surface area contributed by atoms with Gasteiger partial charge in [-0.1, -0.05) is 36.0 Å². The third-order valence-corrected chi connectivity index (χ3v) is 3.70. The van der Waals surface area contributed by atoms with Gasteiger partial charge in [-0.25, -0.2) is 4.98 Å². The Balaban J connectivity index is 2.08. The highest BCUT2D eigenvalue weighted by molar-refractivity contribution is 7.98. The molecule has 0 aliphatic heterocycles. The van der Waals surface area contributed by atoms with Gasteiger partial charge in [0.05, 0.1) is 12.1 Å². The molecular weight excluding hydrogens is 262 g/mol. The minimum atomic E-state index is -0.819. The van der Waals surface area contributed by atoms with Gasteiger partial charge in [0.25, 0.3) is 5.22 Å². The van der Waals surface area contributed by atoms with E-state index in [0.717, 1.165) is 22.6 Å². The molecule has 0 saturated carbocycles. The van der Waals surface area contributed by atoms with E-state index in [4.69, 9.17) is 9.52 Å². The molecule has 5 heteroatoms. The van der Waals surface area contributed by atoms with E-state index in [9.17, 15) is 4.79 Å². The molecule has 19 heavy (non-hydrogen) atoms. The van der Waals surface area contributed by atoms with E-state index in [1.54, 1.807) is 0 Å². The van der Waals surface area contributed by atoms with Gasteiger partial charge in [0.2, 0.25) is 0 Å². The van der Waals surface area contributed by atoms with Crippen molar-refractivity contribution in [1.29, 1.82) is 0 Å². The van der Waals surface area contributed by atoms with Crippen LogP contribution in [0.3, 0.4) is 0 Å². The Labute approximate surface area is 115 Å². The summed E-state index contributed by atoms with van der Waals surface area (Å²) in [6.45, 7) is 3.78. The number of hydrogen-bond donors (Lipinski definition) is 1. The Morgan fingerprint density at radius 2 is 2.00 bits per heavy atom. The van der Waals surface area contributed by atoms with Crippen molar-refractivity contribution in [2.75, 3.05) is 0 Å². The maximum atomic E-state index is 10.8. The molecule has 100 valence electrons. The highest BCUT2D eigenvalue weighted by Crippen LogP contribution is 2.25. The van der Waals surface area contributed by atoms with Crippen LogP contribution in [0.1, 0.15) is 22.6 Å². The topological polar surface area (TPSA) is 63.3 Å². The van der Waals surface area contributed by atoms with E-state index in [1.807, 2.05) is 38.1 Å². The molecule has 2 aromatic rings. The number of oxazole rings is 1. The molecule has 0 atom stereocenters. The first-order valence-corrected chi connectivity index (χ1v) is 6.90. The van der Waals surface area contributed by atoms with Gasteiger partial charge < -0.3 is 9.52 Å². The number of aliphatic carboxylic acids is 1. The predicted octanol–water partition coefficient (Wildman–Crippen LogP) is 3.21. The normalized spacial score (nSPS) is 10.6. The summed E-state index contributed by atoms with van der Waals surface area (Å²) >= 11 is 1.48. The summed E-state index contributed by atoms with van der Waals surface area (Å²) in [4.78, 5) is 15.1. The van der Waals surface area contributed by atoms with Crippen LogP contribution >= 0.6 is 11.8 Å². The van der Waals surface area contributed by atoms with Gasteiger partial charge in [0.15, 0.2) is 0 Å². The first-order chi connectivity index (χ1) is 9.06. The lowest BCUT2D eigenvalue weighted by atomic mass is 10.1. The Morgan fingerprint density at radius 1 is 1.32 bits per heavy atom. The number of carboxylic acids is 1. The fourth-order valence-corrected chi connectivity index (χ4v) is 2.62. The van der Waals surface area contributed by atoms with Crippen LogP contribution in [0.5, 0.6) is 0 Å². The summed E-state index contributed by atoms with van der Waals surface area (Å²) in [5.41, 5.74) is 2.73. The Hall–Kier alpha value is -1.75. The number of benzene rings is 1. The molecule has 0 amide bonds. The summed E-state index contributed by atoms with van der Waals surface area (Å²) in [6, 6.07) is 7.54. The van der Waals surface area contributed by atoms with E-state index in [2.05, 4.69) is 4.98 Å². The highest BCUT2D eigenvalue weighted by atomic mass is 32.2. The molecule has 2 rings (SSSR count). The molecule has 0 spiro atoms. The Kier molecular flexibility index (Phi) is 4.27. The summed E-state index contributed by atoms with van der Waals surface area (Å²) in [6.07, 6.45) is 0.0420. The van der Waals surface area contributed by atoms with Crippen LogP contribution in [0.4, 0.5) is 0 Å². The SMILES string of the molecule is Cc1nc(SCc2ccccc2CC(=O)O)oc1C. The van der Waals surface area contributed by atoms with Crippen molar-refractivity contribution in [3.63, 3.8) is 0 Å².